The SMILES string of the molecule is Cc1cccc(C)c1Nc1cnc(C(=O)NCC(C)C)cn1. The molecule has 2 aromatic rings. The van der Waals surface area contributed by atoms with Crippen LogP contribution in [0.25, 0.3) is 0 Å². The Balaban J connectivity index is 2.08. The van der Waals surface area contributed by atoms with Crippen molar-refractivity contribution in [3.8, 4) is 0 Å². The van der Waals surface area contributed by atoms with Gasteiger partial charge < -0.3 is 10.6 Å². The van der Waals surface area contributed by atoms with Gasteiger partial charge in [-0.05, 0) is 30.9 Å². The maximum absolute atomic E-state index is 11.9. The second kappa shape index (κ2) is 7.02. The van der Waals surface area contributed by atoms with Gasteiger partial charge in [0.1, 0.15) is 11.5 Å². The second-order valence-corrected chi connectivity index (χ2v) is 5.78. The van der Waals surface area contributed by atoms with E-state index in [0.717, 1.165) is 16.8 Å². The molecule has 0 aliphatic carbocycles. The number of nitrogens with zero attached hydrogens (tertiary/aromatic N) is 2. The number of anilines is 2. The fraction of sp³-hybridized carbons (Fsp3) is 0.353. The lowest BCUT2D eigenvalue weighted by Gasteiger charge is -2.12. The Hall–Kier alpha value is -2.43. The van der Waals surface area contributed by atoms with Crippen LogP contribution in [0.15, 0.2) is 30.6 Å². The van der Waals surface area contributed by atoms with Crippen molar-refractivity contribution < 1.29 is 4.79 Å². The van der Waals surface area contributed by atoms with Crippen LogP contribution in [0.2, 0.25) is 0 Å². The van der Waals surface area contributed by atoms with Crippen LogP contribution in [0.3, 0.4) is 0 Å². The van der Waals surface area contributed by atoms with E-state index in [9.17, 15) is 4.79 Å². The maximum atomic E-state index is 11.9. The molecule has 0 unspecified atom stereocenters. The van der Waals surface area contributed by atoms with Crippen molar-refractivity contribution >= 4 is 17.4 Å². The van der Waals surface area contributed by atoms with Gasteiger partial charge >= 0.3 is 0 Å². The number of rotatable bonds is 5. The number of aryl methyl sites for hydroxylation is 2. The van der Waals surface area contributed by atoms with Crippen molar-refractivity contribution in [2.75, 3.05) is 11.9 Å². The monoisotopic (exact) mass is 298 g/mol. The summed E-state index contributed by atoms with van der Waals surface area (Å²) in [7, 11) is 0. The number of carbonyl (C=O) groups is 1. The summed E-state index contributed by atoms with van der Waals surface area (Å²) in [6, 6.07) is 6.09. The van der Waals surface area contributed by atoms with Crippen LogP contribution in [0, 0.1) is 19.8 Å². The van der Waals surface area contributed by atoms with E-state index in [0.29, 0.717) is 24.0 Å². The molecule has 1 amide bonds. The van der Waals surface area contributed by atoms with Gasteiger partial charge in [-0.2, -0.15) is 0 Å². The Morgan fingerprint density at radius 1 is 1.14 bits per heavy atom. The molecule has 0 saturated carbocycles. The predicted molar refractivity (Wildman–Crippen MR) is 88.4 cm³/mol. The van der Waals surface area contributed by atoms with Crippen LogP contribution >= 0.6 is 0 Å². The summed E-state index contributed by atoms with van der Waals surface area (Å²) in [5, 5.41) is 6.08. The van der Waals surface area contributed by atoms with Crippen LogP contribution in [0.5, 0.6) is 0 Å². The largest absolute Gasteiger partial charge is 0.350 e. The van der Waals surface area contributed by atoms with E-state index in [4.69, 9.17) is 0 Å². The lowest BCUT2D eigenvalue weighted by atomic mass is 10.1. The average Bonchev–Trinajstić information content (AvgIpc) is 2.49. The molecular formula is C17H22N4O. The van der Waals surface area contributed by atoms with E-state index in [1.807, 2.05) is 45.9 Å². The van der Waals surface area contributed by atoms with E-state index in [2.05, 4.69) is 20.6 Å². The van der Waals surface area contributed by atoms with E-state index in [1.165, 1.54) is 6.20 Å². The minimum absolute atomic E-state index is 0.195. The van der Waals surface area contributed by atoms with Crippen LogP contribution in [0.4, 0.5) is 11.5 Å². The zero-order valence-electron chi connectivity index (χ0n) is 13.5. The number of hydrogen-bond acceptors (Lipinski definition) is 4. The quantitative estimate of drug-likeness (QED) is 0.889. The molecule has 0 aliphatic rings. The van der Waals surface area contributed by atoms with Crippen LogP contribution in [-0.2, 0) is 0 Å². The zero-order valence-corrected chi connectivity index (χ0v) is 13.5. The van der Waals surface area contributed by atoms with Gasteiger partial charge in [-0.25, -0.2) is 9.97 Å². The Bertz CT molecular complexity index is 630. The molecule has 1 heterocycles. The smallest absolute Gasteiger partial charge is 0.271 e. The molecule has 0 fully saturated rings. The molecule has 116 valence electrons. The number of amides is 1. The molecule has 2 N–H and O–H groups in total. The fourth-order valence-electron chi connectivity index (χ4n) is 2.04. The number of aromatic nitrogens is 2. The summed E-state index contributed by atoms with van der Waals surface area (Å²) >= 11 is 0. The highest BCUT2D eigenvalue weighted by atomic mass is 16.1. The van der Waals surface area contributed by atoms with E-state index >= 15 is 0 Å². The highest BCUT2D eigenvalue weighted by Gasteiger charge is 2.09. The minimum Gasteiger partial charge on any atom is -0.350 e. The molecule has 1 aromatic carbocycles. The molecule has 0 saturated heterocycles. The standard InChI is InChI=1S/C17H22N4O/c1-11(2)8-20-17(22)14-9-19-15(10-18-14)21-16-12(3)6-5-7-13(16)4/h5-7,9-11H,8H2,1-4H3,(H,19,21)(H,20,22). The van der Waals surface area contributed by atoms with Gasteiger partial charge in [0.2, 0.25) is 0 Å². The first-order valence-electron chi connectivity index (χ1n) is 7.41. The number of carbonyl (C=O) groups excluding carboxylic acids is 1. The summed E-state index contributed by atoms with van der Waals surface area (Å²) in [5.41, 5.74) is 3.63. The molecule has 0 bridgehead atoms. The number of hydrogen-bond donors (Lipinski definition) is 2. The zero-order chi connectivity index (χ0) is 16.1. The van der Waals surface area contributed by atoms with E-state index < -0.39 is 0 Å². The Morgan fingerprint density at radius 2 is 1.82 bits per heavy atom. The molecular weight excluding hydrogens is 276 g/mol. The second-order valence-electron chi connectivity index (χ2n) is 5.78. The van der Waals surface area contributed by atoms with E-state index in [1.54, 1.807) is 6.20 Å². The van der Waals surface area contributed by atoms with Crippen molar-refractivity contribution in [2.24, 2.45) is 5.92 Å². The van der Waals surface area contributed by atoms with Gasteiger partial charge in [-0.3, -0.25) is 4.79 Å². The molecule has 0 spiro atoms. The Kier molecular flexibility index (Phi) is 5.09. The van der Waals surface area contributed by atoms with E-state index in [-0.39, 0.29) is 5.91 Å². The van der Waals surface area contributed by atoms with Gasteiger partial charge in [0.25, 0.3) is 5.91 Å². The summed E-state index contributed by atoms with van der Waals surface area (Å²) in [4.78, 5) is 20.3. The van der Waals surface area contributed by atoms with Crippen molar-refractivity contribution in [2.45, 2.75) is 27.7 Å². The molecule has 1 aromatic heterocycles. The number of para-hydroxylation sites is 1. The van der Waals surface area contributed by atoms with Gasteiger partial charge in [-0.1, -0.05) is 32.0 Å². The lowest BCUT2D eigenvalue weighted by Crippen LogP contribution is -2.28. The third kappa shape index (κ3) is 4.04. The lowest BCUT2D eigenvalue weighted by molar-refractivity contribution is 0.0943. The summed E-state index contributed by atoms with van der Waals surface area (Å²) in [5.74, 6) is 0.833. The Morgan fingerprint density at radius 3 is 2.36 bits per heavy atom. The van der Waals surface area contributed by atoms with Gasteiger partial charge in [0.15, 0.2) is 0 Å². The third-order valence-electron chi connectivity index (χ3n) is 3.29. The molecule has 5 nitrogen and oxygen atoms in total. The average molecular weight is 298 g/mol. The fourth-order valence-corrected chi connectivity index (χ4v) is 2.04. The normalized spacial score (nSPS) is 10.6. The molecule has 2 rings (SSSR count). The first-order chi connectivity index (χ1) is 10.5. The first-order valence-corrected chi connectivity index (χ1v) is 7.41. The highest BCUT2D eigenvalue weighted by molar-refractivity contribution is 5.92. The first kappa shape index (κ1) is 15.9. The number of nitrogens with one attached hydrogen (secondary N) is 2. The van der Waals surface area contributed by atoms with Gasteiger partial charge in [-0.15, -0.1) is 0 Å². The summed E-state index contributed by atoms with van der Waals surface area (Å²) in [6.07, 6.45) is 3.07. The van der Waals surface area contributed by atoms with Crippen LogP contribution in [-0.4, -0.2) is 22.4 Å². The number of benzene rings is 1. The van der Waals surface area contributed by atoms with Crippen molar-refractivity contribution in [3.05, 3.63) is 47.4 Å². The van der Waals surface area contributed by atoms with Crippen molar-refractivity contribution in [1.29, 1.82) is 0 Å². The Labute approximate surface area is 131 Å². The van der Waals surface area contributed by atoms with Crippen molar-refractivity contribution in [3.63, 3.8) is 0 Å². The van der Waals surface area contributed by atoms with Crippen LogP contribution < -0.4 is 10.6 Å². The van der Waals surface area contributed by atoms with Gasteiger partial charge in [0, 0.05) is 12.2 Å². The molecule has 0 aliphatic heterocycles. The molecule has 0 atom stereocenters. The molecule has 22 heavy (non-hydrogen) atoms. The maximum Gasteiger partial charge on any atom is 0.271 e. The molecule has 0 radical (unpaired) electrons. The van der Waals surface area contributed by atoms with Crippen molar-refractivity contribution in [1.82, 2.24) is 15.3 Å². The summed E-state index contributed by atoms with van der Waals surface area (Å²) in [6.45, 7) is 8.79. The van der Waals surface area contributed by atoms with Gasteiger partial charge in [0.05, 0.1) is 12.4 Å². The third-order valence-corrected chi connectivity index (χ3v) is 3.29. The highest BCUT2D eigenvalue weighted by Crippen LogP contribution is 2.22. The minimum atomic E-state index is -0.195. The van der Waals surface area contributed by atoms with Crippen LogP contribution in [0.1, 0.15) is 35.5 Å². The summed E-state index contributed by atoms with van der Waals surface area (Å²) < 4.78 is 0. The topological polar surface area (TPSA) is 66.9 Å². The predicted octanol–water partition coefficient (Wildman–Crippen LogP) is 3.22. The molecule has 5 heteroatoms.